The van der Waals surface area contributed by atoms with Crippen molar-refractivity contribution in [1.82, 2.24) is 0 Å². The third kappa shape index (κ3) is 2.12. The van der Waals surface area contributed by atoms with Gasteiger partial charge in [-0.2, -0.15) is 0 Å². The van der Waals surface area contributed by atoms with E-state index in [0.29, 0.717) is 11.2 Å². The Kier molecular flexibility index (Phi) is 2.80. The van der Waals surface area contributed by atoms with E-state index in [1.807, 2.05) is 12.1 Å². The minimum atomic E-state index is 0.372. The summed E-state index contributed by atoms with van der Waals surface area (Å²) < 4.78 is 0. The quantitative estimate of drug-likeness (QED) is 0.721. The summed E-state index contributed by atoms with van der Waals surface area (Å²) in [4.78, 5) is 12.6. The number of carbonyl (C=O) groups excluding carboxylic acids is 1. The SMILES string of the molecule is Cc1ccc(C(=O)CC23CC4CC(CC(C4)C2)C3)cc1. The second-order valence-corrected chi connectivity index (χ2v) is 7.88. The van der Waals surface area contributed by atoms with Crippen molar-refractivity contribution < 1.29 is 4.79 Å². The zero-order valence-corrected chi connectivity index (χ0v) is 12.4. The average Bonchev–Trinajstić information content (AvgIpc) is 2.37. The number of aryl methyl sites for hydroxylation is 1. The Bertz CT molecular complexity index is 490. The van der Waals surface area contributed by atoms with Crippen molar-refractivity contribution in [2.75, 3.05) is 0 Å². The molecule has 0 heterocycles. The Balaban J connectivity index is 1.53. The summed E-state index contributed by atoms with van der Waals surface area (Å²) in [7, 11) is 0. The lowest BCUT2D eigenvalue weighted by atomic mass is 9.48. The van der Waals surface area contributed by atoms with Gasteiger partial charge in [0.25, 0.3) is 0 Å². The molecule has 0 radical (unpaired) electrons. The van der Waals surface area contributed by atoms with E-state index in [1.54, 1.807) is 0 Å². The second-order valence-electron chi connectivity index (χ2n) is 7.88. The fourth-order valence-corrected chi connectivity index (χ4v) is 5.69. The summed E-state index contributed by atoms with van der Waals surface area (Å²) >= 11 is 0. The van der Waals surface area contributed by atoms with Crippen molar-refractivity contribution in [3.63, 3.8) is 0 Å². The van der Waals surface area contributed by atoms with Gasteiger partial charge in [-0.05, 0) is 68.6 Å². The topological polar surface area (TPSA) is 17.1 Å². The number of ketones is 1. The Hall–Kier alpha value is -1.11. The van der Waals surface area contributed by atoms with Crippen molar-refractivity contribution in [2.45, 2.75) is 51.9 Å². The summed E-state index contributed by atoms with van der Waals surface area (Å²) in [6.45, 7) is 2.08. The number of hydrogen-bond donors (Lipinski definition) is 0. The Morgan fingerprint density at radius 1 is 1.00 bits per heavy atom. The fourth-order valence-electron chi connectivity index (χ4n) is 5.69. The first kappa shape index (κ1) is 12.6. The molecule has 4 fully saturated rings. The molecular formula is C19H24O. The highest BCUT2D eigenvalue weighted by Crippen LogP contribution is 2.61. The highest BCUT2D eigenvalue weighted by molar-refractivity contribution is 5.96. The normalized spacial score (nSPS) is 38.1. The first-order valence-electron chi connectivity index (χ1n) is 8.22. The lowest BCUT2D eigenvalue weighted by molar-refractivity contribution is -0.0524. The van der Waals surface area contributed by atoms with Gasteiger partial charge in [0.15, 0.2) is 5.78 Å². The Morgan fingerprint density at radius 3 is 2.00 bits per heavy atom. The molecule has 1 heteroatoms. The summed E-state index contributed by atoms with van der Waals surface area (Å²) in [6.07, 6.45) is 9.16. The van der Waals surface area contributed by atoms with Gasteiger partial charge < -0.3 is 0 Å². The van der Waals surface area contributed by atoms with E-state index in [2.05, 4.69) is 19.1 Å². The molecule has 106 valence electrons. The molecular weight excluding hydrogens is 244 g/mol. The first-order chi connectivity index (χ1) is 9.62. The van der Waals surface area contributed by atoms with Crippen LogP contribution in [0.4, 0.5) is 0 Å². The zero-order valence-electron chi connectivity index (χ0n) is 12.4. The second kappa shape index (κ2) is 4.44. The molecule has 0 unspecified atom stereocenters. The van der Waals surface area contributed by atoms with E-state index in [4.69, 9.17) is 0 Å². The molecule has 0 atom stereocenters. The first-order valence-corrected chi connectivity index (χ1v) is 8.22. The van der Waals surface area contributed by atoms with Gasteiger partial charge in [-0.15, -0.1) is 0 Å². The van der Waals surface area contributed by atoms with Gasteiger partial charge in [-0.1, -0.05) is 29.8 Å². The van der Waals surface area contributed by atoms with Crippen LogP contribution in [-0.2, 0) is 0 Å². The van der Waals surface area contributed by atoms with Gasteiger partial charge in [0.2, 0.25) is 0 Å². The van der Waals surface area contributed by atoms with Gasteiger partial charge in [0.05, 0.1) is 0 Å². The molecule has 1 aromatic carbocycles. The Labute approximate surface area is 121 Å². The standard InChI is InChI=1S/C19H24O/c1-13-2-4-17(5-3-13)18(20)12-19-9-14-6-15(10-19)8-16(7-14)11-19/h2-5,14-16H,6-12H2,1H3. The highest BCUT2D eigenvalue weighted by Gasteiger charge is 2.51. The van der Waals surface area contributed by atoms with Gasteiger partial charge in [-0.3, -0.25) is 4.79 Å². The number of Topliss-reactive ketones (excluding diaryl/α,β-unsaturated/α-hetero) is 1. The molecule has 5 rings (SSSR count). The van der Waals surface area contributed by atoms with Crippen molar-refractivity contribution >= 4 is 5.78 Å². The van der Waals surface area contributed by atoms with Crippen LogP contribution in [0.1, 0.15) is 60.9 Å². The number of rotatable bonds is 3. The minimum absolute atomic E-state index is 0.372. The molecule has 4 saturated carbocycles. The summed E-state index contributed by atoms with van der Waals surface area (Å²) in [5.74, 6) is 3.19. The average molecular weight is 268 g/mol. The van der Waals surface area contributed by atoms with Crippen LogP contribution in [0, 0.1) is 30.1 Å². The third-order valence-electron chi connectivity index (χ3n) is 6.07. The van der Waals surface area contributed by atoms with Crippen LogP contribution in [0.2, 0.25) is 0 Å². The maximum absolute atomic E-state index is 12.6. The molecule has 1 nitrogen and oxygen atoms in total. The third-order valence-corrected chi connectivity index (χ3v) is 6.07. The van der Waals surface area contributed by atoms with Crippen LogP contribution in [0.5, 0.6) is 0 Å². The molecule has 20 heavy (non-hydrogen) atoms. The maximum Gasteiger partial charge on any atom is 0.163 e. The molecule has 0 spiro atoms. The zero-order chi connectivity index (χ0) is 13.7. The van der Waals surface area contributed by atoms with Crippen molar-refractivity contribution in [2.24, 2.45) is 23.2 Å². The molecule has 0 N–H and O–H groups in total. The van der Waals surface area contributed by atoms with Crippen molar-refractivity contribution in [1.29, 1.82) is 0 Å². The van der Waals surface area contributed by atoms with Gasteiger partial charge in [0.1, 0.15) is 0 Å². The predicted octanol–water partition coefficient (Wildman–Crippen LogP) is 4.78. The molecule has 4 aliphatic carbocycles. The number of benzene rings is 1. The molecule has 0 saturated heterocycles. The largest absolute Gasteiger partial charge is 0.294 e. The highest BCUT2D eigenvalue weighted by atomic mass is 16.1. The van der Waals surface area contributed by atoms with Crippen LogP contribution >= 0.6 is 0 Å². The van der Waals surface area contributed by atoms with Crippen LogP contribution < -0.4 is 0 Å². The monoisotopic (exact) mass is 268 g/mol. The van der Waals surface area contributed by atoms with Crippen LogP contribution in [-0.4, -0.2) is 5.78 Å². The number of carbonyl (C=O) groups is 1. The van der Waals surface area contributed by atoms with E-state index < -0.39 is 0 Å². The fraction of sp³-hybridized carbons (Fsp3) is 0.632. The molecule has 0 aliphatic heterocycles. The van der Waals surface area contributed by atoms with Crippen LogP contribution in [0.25, 0.3) is 0 Å². The van der Waals surface area contributed by atoms with E-state index in [-0.39, 0.29) is 0 Å². The summed E-state index contributed by atoms with van der Waals surface area (Å²) in [5, 5.41) is 0. The molecule has 1 aromatic rings. The maximum atomic E-state index is 12.6. The van der Waals surface area contributed by atoms with E-state index in [9.17, 15) is 4.79 Å². The van der Waals surface area contributed by atoms with E-state index in [1.165, 1.54) is 44.1 Å². The van der Waals surface area contributed by atoms with E-state index in [0.717, 1.165) is 29.7 Å². The smallest absolute Gasteiger partial charge is 0.163 e. The van der Waals surface area contributed by atoms with Gasteiger partial charge >= 0.3 is 0 Å². The summed E-state index contributed by atoms with van der Waals surface area (Å²) in [5.41, 5.74) is 2.53. The molecule has 4 bridgehead atoms. The Morgan fingerprint density at radius 2 is 1.50 bits per heavy atom. The van der Waals surface area contributed by atoms with Crippen LogP contribution in [0.15, 0.2) is 24.3 Å². The molecule has 0 amide bonds. The predicted molar refractivity (Wildman–Crippen MR) is 80.7 cm³/mol. The minimum Gasteiger partial charge on any atom is -0.294 e. The van der Waals surface area contributed by atoms with Crippen LogP contribution in [0.3, 0.4) is 0 Å². The van der Waals surface area contributed by atoms with Gasteiger partial charge in [-0.25, -0.2) is 0 Å². The lowest BCUT2D eigenvalue weighted by Gasteiger charge is -2.56. The van der Waals surface area contributed by atoms with Gasteiger partial charge in [0, 0.05) is 12.0 Å². The van der Waals surface area contributed by atoms with Crippen molar-refractivity contribution in [3.05, 3.63) is 35.4 Å². The summed E-state index contributed by atoms with van der Waals surface area (Å²) in [6, 6.07) is 8.15. The van der Waals surface area contributed by atoms with Crippen molar-refractivity contribution in [3.8, 4) is 0 Å². The molecule has 4 aliphatic rings. The number of hydrogen-bond acceptors (Lipinski definition) is 1. The lowest BCUT2D eigenvalue weighted by Crippen LogP contribution is -2.46. The molecule has 0 aromatic heterocycles. The van der Waals surface area contributed by atoms with E-state index >= 15 is 0 Å².